The summed E-state index contributed by atoms with van der Waals surface area (Å²) in [6.07, 6.45) is 1.35. The number of nitrogens with one attached hydrogen (secondary N) is 2. The van der Waals surface area contributed by atoms with Crippen LogP contribution in [0.2, 0.25) is 0 Å². The summed E-state index contributed by atoms with van der Waals surface area (Å²) < 4.78 is 66.2. The Balaban J connectivity index is 0.00000625. The van der Waals surface area contributed by atoms with Gasteiger partial charge >= 0.3 is 15.5 Å². The lowest BCUT2D eigenvalue weighted by Crippen LogP contribution is -2.51. The second-order valence-corrected chi connectivity index (χ2v) is 7.51. The zero-order valence-corrected chi connectivity index (χ0v) is 18.2. The second kappa shape index (κ2) is 12.2. The van der Waals surface area contributed by atoms with Crippen molar-refractivity contribution in [2.24, 2.45) is 4.99 Å². The van der Waals surface area contributed by atoms with Crippen LogP contribution in [-0.2, 0) is 14.8 Å². The summed E-state index contributed by atoms with van der Waals surface area (Å²) in [4.78, 5) is 4.39. The molecule has 1 heterocycles. The summed E-state index contributed by atoms with van der Waals surface area (Å²) in [7, 11) is -5.24. The van der Waals surface area contributed by atoms with Crippen LogP contribution in [-0.4, -0.2) is 69.6 Å². The van der Waals surface area contributed by atoms with E-state index in [1.54, 1.807) is 0 Å². The molecule has 1 rings (SSSR count). The SMILES string of the molecule is CCNC(=NCCCOCC)NC1CCN(S(=O)(=O)C(F)(F)F)CC1.I. The number of halogens is 4. The molecule has 0 aromatic rings. The summed E-state index contributed by atoms with van der Waals surface area (Å²) in [6, 6.07) is -0.121. The Morgan fingerprint density at radius 3 is 2.38 bits per heavy atom. The van der Waals surface area contributed by atoms with Crippen molar-refractivity contribution in [1.82, 2.24) is 14.9 Å². The largest absolute Gasteiger partial charge is 0.511 e. The molecule has 1 aliphatic heterocycles. The van der Waals surface area contributed by atoms with Gasteiger partial charge in [0, 0.05) is 45.4 Å². The minimum Gasteiger partial charge on any atom is -0.382 e. The quantitative estimate of drug-likeness (QED) is 0.223. The average molecular weight is 516 g/mol. The van der Waals surface area contributed by atoms with E-state index in [4.69, 9.17) is 4.74 Å². The highest BCUT2D eigenvalue weighted by Crippen LogP contribution is 2.28. The maximum absolute atomic E-state index is 12.6. The van der Waals surface area contributed by atoms with E-state index in [0.29, 0.717) is 49.4 Å². The standard InChI is InChI=1S/C14H27F3N4O3S.HI/c1-3-18-13(19-8-5-11-24-4-2)20-12-6-9-21(10-7-12)25(22,23)14(15,16)17;/h12H,3-11H2,1-2H3,(H2,18,19,20);1H. The third-order valence-electron chi connectivity index (χ3n) is 3.69. The van der Waals surface area contributed by atoms with Gasteiger partial charge in [-0.05, 0) is 33.1 Å². The molecular weight excluding hydrogens is 488 g/mol. The molecule has 0 aliphatic carbocycles. The number of alkyl halides is 3. The minimum absolute atomic E-state index is 0. The van der Waals surface area contributed by atoms with E-state index in [9.17, 15) is 21.6 Å². The molecule has 0 saturated carbocycles. The smallest absolute Gasteiger partial charge is 0.382 e. The number of piperidine rings is 1. The molecule has 0 radical (unpaired) electrons. The average Bonchev–Trinajstić information content (AvgIpc) is 2.54. The molecule has 26 heavy (non-hydrogen) atoms. The highest BCUT2D eigenvalue weighted by molar-refractivity contribution is 14.0. The summed E-state index contributed by atoms with van der Waals surface area (Å²) in [6.45, 7) is 5.99. The Morgan fingerprint density at radius 1 is 1.27 bits per heavy atom. The third kappa shape index (κ3) is 8.13. The van der Waals surface area contributed by atoms with Gasteiger partial charge in [0.1, 0.15) is 0 Å². The first-order valence-electron chi connectivity index (χ1n) is 8.41. The molecule has 1 saturated heterocycles. The normalized spacial score (nSPS) is 17.7. The van der Waals surface area contributed by atoms with Gasteiger partial charge in [0.15, 0.2) is 5.96 Å². The highest BCUT2D eigenvalue weighted by atomic mass is 127. The maximum Gasteiger partial charge on any atom is 0.511 e. The van der Waals surface area contributed by atoms with Crippen molar-refractivity contribution < 1.29 is 26.3 Å². The van der Waals surface area contributed by atoms with E-state index in [2.05, 4.69) is 15.6 Å². The number of sulfonamides is 1. The van der Waals surface area contributed by atoms with Crippen molar-refractivity contribution in [3.8, 4) is 0 Å². The van der Waals surface area contributed by atoms with Gasteiger partial charge in [0.2, 0.25) is 0 Å². The Morgan fingerprint density at radius 2 is 1.88 bits per heavy atom. The first-order valence-corrected chi connectivity index (χ1v) is 9.85. The Hall–Kier alpha value is -0.340. The fourth-order valence-corrected chi connectivity index (χ4v) is 3.39. The van der Waals surface area contributed by atoms with E-state index in [1.165, 1.54) is 0 Å². The van der Waals surface area contributed by atoms with E-state index < -0.39 is 15.5 Å². The Labute approximate surface area is 170 Å². The van der Waals surface area contributed by atoms with Gasteiger partial charge in [-0.15, -0.1) is 24.0 Å². The molecule has 1 fully saturated rings. The van der Waals surface area contributed by atoms with Crippen molar-refractivity contribution in [3.05, 3.63) is 0 Å². The number of rotatable bonds is 8. The van der Waals surface area contributed by atoms with Crippen LogP contribution in [0.15, 0.2) is 4.99 Å². The lowest BCUT2D eigenvalue weighted by atomic mass is 10.1. The number of hydrogen-bond donors (Lipinski definition) is 2. The third-order valence-corrected chi connectivity index (χ3v) is 5.32. The molecule has 12 heteroatoms. The Kier molecular flexibility index (Phi) is 12.0. The molecule has 0 aromatic carbocycles. The van der Waals surface area contributed by atoms with E-state index in [0.717, 1.165) is 6.42 Å². The van der Waals surface area contributed by atoms with Crippen LogP contribution in [0.5, 0.6) is 0 Å². The van der Waals surface area contributed by atoms with Crippen molar-refractivity contribution in [2.45, 2.75) is 44.7 Å². The minimum atomic E-state index is -5.25. The van der Waals surface area contributed by atoms with Crippen LogP contribution in [0.25, 0.3) is 0 Å². The van der Waals surface area contributed by atoms with Gasteiger partial charge < -0.3 is 15.4 Å². The maximum atomic E-state index is 12.6. The number of guanidine groups is 1. The first kappa shape index (κ1) is 25.7. The van der Waals surface area contributed by atoms with Crippen molar-refractivity contribution in [2.75, 3.05) is 39.4 Å². The summed E-state index contributed by atoms with van der Waals surface area (Å²) in [5.41, 5.74) is -5.25. The molecule has 0 bridgehead atoms. The molecule has 2 N–H and O–H groups in total. The Bertz CT molecular complexity index is 524. The monoisotopic (exact) mass is 516 g/mol. The molecule has 156 valence electrons. The highest BCUT2D eigenvalue weighted by Gasteiger charge is 2.50. The van der Waals surface area contributed by atoms with E-state index in [-0.39, 0.29) is 43.1 Å². The van der Waals surface area contributed by atoms with Crippen molar-refractivity contribution in [1.29, 1.82) is 0 Å². The first-order chi connectivity index (χ1) is 11.7. The molecule has 0 aromatic heterocycles. The van der Waals surface area contributed by atoms with Crippen LogP contribution in [0.1, 0.15) is 33.1 Å². The van der Waals surface area contributed by atoms with Crippen LogP contribution in [0.4, 0.5) is 13.2 Å². The van der Waals surface area contributed by atoms with Crippen molar-refractivity contribution in [3.63, 3.8) is 0 Å². The fourth-order valence-electron chi connectivity index (χ4n) is 2.40. The number of aliphatic imine (C=N–C) groups is 1. The van der Waals surface area contributed by atoms with E-state index >= 15 is 0 Å². The molecule has 0 amide bonds. The van der Waals surface area contributed by atoms with Crippen LogP contribution in [0.3, 0.4) is 0 Å². The predicted molar refractivity (Wildman–Crippen MR) is 105 cm³/mol. The molecule has 0 spiro atoms. The van der Waals surface area contributed by atoms with Gasteiger partial charge in [-0.2, -0.15) is 17.5 Å². The number of ether oxygens (including phenoxy) is 1. The van der Waals surface area contributed by atoms with Gasteiger partial charge in [-0.3, -0.25) is 4.99 Å². The van der Waals surface area contributed by atoms with Gasteiger partial charge in [-0.25, -0.2) is 8.42 Å². The zero-order valence-electron chi connectivity index (χ0n) is 15.0. The lowest BCUT2D eigenvalue weighted by Gasteiger charge is -2.32. The predicted octanol–water partition coefficient (Wildman–Crippen LogP) is 1.90. The van der Waals surface area contributed by atoms with Crippen molar-refractivity contribution >= 4 is 40.0 Å². The second-order valence-electron chi connectivity index (χ2n) is 5.58. The van der Waals surface area contributed by atoms with Gasteiger partial charge in [-0.1, -0.05) is 0 Å². The number of nitrogens with zero attached hydrogens (tertiary/aromatic N) is 2. The zero-order chi connectivity index (χ0) is 18.9. The molecule has 0 unspecified atom stereocenters. The molecule has 0 atom stereocenters. The van der Waals surface area contributed by atoms with E-state index in [1.807, 2.05) is 13.8 Å². The van der Waals surface area contributed by atoms with Gasteiger partial charge in [0.05, 0.1) is 0 Å². The molecular formula is C14H28F3IN4O3S. The lowest BCUT2D eigenvalue weighted by molar-refractivity contribution is -0.0494. The molecule has 1 aliphatic rings. The van der Waals surface area contributed by atoms with Crippen LogP contribution in [0, 0.1) is 0 Å². The fraction of sp³-hybridized carbons (Fsp3) is 0.929. The summed E-state index contributed by atoms with van der Waals surface area (Å²) >= 11 is 0. The summed E-state index contributed by atoms with van der Waals surface area (Å²) in [5, 5.41) is 6.23. The van der Waals surface area contributed by atoms with Crippen LogP contribution >= 0.6 is 24.0 Å². The van der Waals surface area contributed by atoms with Gasteiger partial charge in [0.25, 0.3) is 0 Å². The number of hydrogen-bond acceptors (Lipinski definition) is 4. The topological polar surface area (TPSA) is 83.0 Å². The molecule has 7 nitrogen and oxygen atoms in total. The van der Waals surface area contributed by atoms with Crippen LogP contribution < -0.4 is 10.6 Å². The summed E-state index contributed by atoms with van der Waals surface area (Å²) in [5.74, 6) is 0.580.